The summed E-state index contributed by atoms with van der Waals surface area (Å²) in [5.41, 5.74) is 0. The van der Waals surface area contributed by atoms with Gasteiger partial charge in [-0.1, -0.05) is 56.1 Å². The molecule has 112 valence electrons. The van der Waals surface area contributed by atoms with Crippen molar-refractivity contribution in [3.05, 3.63) is 57.5 Å². The number of hydrogen-bond acceptors (Lipinski definition) is 1. The summed E-state index contributed by atoms with van der Waals surface area (Å²) in [5.74, 6) is 4.12. The highest BCUT2D eigenvalue weighted by molar-refractivity contribution is 9.11. The van der Waals surface area contributed by atoms with Gasteiger partial charge in [0.15, 0.2) is 0 Å². The third-order valence-corrected chi connectivity index (χ3v) is 8.15. The normalized spacial score (nSPS) is 15.2. The first kappa shape index (κ1) is 14.0. The van der Waals surface area contributed by atoms with Gasteiger partial charge in [0.25, 0.3) is 0 Å². The molecule has 1 aliphatic heterocycles. The van der Waals surface area contributed by atoms with Gasteiger partial charge in [-0.05, 0) is 51.7 Å². The summed E-state index contributed by atoms with van der Waals surface area (Å²) in [5, 5.41) is 6.64. The lowest BCUT2D eigenvalue weighted by molar-refractivity contribution is 0.682. The van der Waals surface area contributed by atoms with Crippen molar-refractivity contribution in [1.82, 2.24) is 0 Å². The summed E-state index contributed by atoms with van der Waals surface area (Å²) >= 11 is 7.26. The molecule has 0 fully saturated rings. The summed E-state index contributed by atoms with van der Waals surface area (Å²) in [6.07, 6.45) is 0. The molecule has 0 saturated carbocycles. The molecule has 0 aromatic heterocycles. The van der Waals surface area contributed by atoms with E-state index < -0.39 is 9.52 Å². The van der Waals surface area contributed by atoms with Gasteiger partial charge in [-0.15, -0.1) is 0 Å². The van der Waals surface area contributed by atoms with Crippen molar-refractivity contribution >= 4 is 79.6 Å². The van der Waals surface area contributed by atoms with E-state index in [1.54, 1.807) is 0 Å². The minimum atomic E-state index is -2.52. The van der Waals surface area contributed by atoms with Crippen molar-refractivity contribution < 1.29 is 4.21 Å². The molecule has 0 spiro atoms. The molecule has 1 nitrogen and oxygen atoms in total. The molecule has 23 heavy (non-hydrogen) atoms. The van der Waals surface area contributed by atoms with Crippen molar-refractivity contribution in [3.8, 4) is 0 Å². The second-order valence-corrected chi connectivity index (χ2v) is 9.78. The SMILES string of the molecule is C=S1(=O)c2ccc(Br)c3ccc4ccc5c(Br)ccc1c5c4c23. The molecule has 0 amide bonds. The van der Waals surface area contributed by atoms with Crippen molar-refractivity contribution in [3.63, 3.8) is 0 Å². The fourth-order valence-corrected chi connectivity index (χ4v) is 6.46. The smallest absolute Gasteiger partial charge is 0.0436 e. The number of benzene rings is 4. The van der Waals surface area contributed by atoms with Crippen molar-refractivity contribution in [2.45, 2.75) is 9.79 Å². The van der Waals surface area contributed by atoms with Gasteiger partial charge in [-0.2, -0.15) is 0 Å². The highest BCUT2D eigenvalue weighted by Crippen LogP contribution is 2.47. The van der Waals surface area contributed by atoms with Crippen LogP contribution >= 0.6 is 31.9 Å². The van der Waals surface area contributed by atoms with Crippen LogP contribution in [-0.4, -0.2) is 10.1 Å². The zero-order valence-corrected chi connectivity index (χ0v) is 15.9. The quantitative estimate of drug-likeness (QED) is 0.207. The van der Waals surface area contributed by atoms with Gasteiger partial charge >= 0.3 is 0 Å². The Labute approximate surface area is 150 Å². The van der Waals surface area contributed by atoms with Crippen LogP contribution in [0.1, 0.15) is 0 Å². The lowest BCUT2D eigenvalue weighted by Crippen LogP contribution is -2.08. The van der Waals surface area contributed by atoms with E-state index in [-0.39, 0.29) is 0 Å². The summed E-state index contributed by atoms with van der Waals surface area (Å²) in [6.45, 7) is 0. The molecule has 0 bridgehead atoms. The van der Waals surface area contributed by atoms with Crippen LogP contribution in [0.2, 0.25) is 0 Å². The Bertz CT molecular complexity index is 1200. The zero-order valence-electron chi connectivity index (χ0n) is 11.9. The second kappa shape index (κ2) is 4.38. The largest absolute Gasteiger partial charge is 0.258 e. The van der Waals surface area contributed by atoms with Crippen molar-refractivity contribution in [2.75, 3.05) is 0 Å². The van der Waals surface area contributed by atoms with E-state index in [1.165, 1.54) is 10.8 Å². The monoisotopic (exact) mass is 444 g/mol. The third kappa shape index (κ3) is 1.61. The molecule has 4 aromatic rings. The van der Waals surface area contributed by atoms with E-state index in [4.69, 9.17) is 0 Å². The van der Waals surface area contributed by atoms with Crippen LogP contribution in [0.3, 0.4) is 0 Å². The molecule has 0 radical (unpaired) electrons. The van der Waals surface area contributed by atoms with Gasteiger partial charge in [0, 0.05) is 39.0 Å². The summed E-state index contributed by atoms with van der Waals surface area (Å²) in [6, 6.07) is 16.3. The average molecular weight is 446 g/mol. The van der Waals surface area contributed by atoms with Gasteiger partial charge in [0.2, 0.25) is 0 Å². The van der Waals surface area contributed by atoms with E-state index in [0.717, 1.165) is 40.3 Å². The molecule has 0 unspecified atom stereocenters. The topological polar surface area (TPSA) is 17.1 Å². The standard InChI is InChI=1S/C19H10Br2OS/c1-23(22)15-8-6-13(20)11-4-2-10-3-5-12-14(21)7-9-16(23)19(12)17(10)18(11)15/h2-9H,1H2. The number of rotatable bonds is 0. The molecule has 1 heterocycles. The first-order valence-electron chi connectivity index (χ1n) is 7.13. The van der Waals surface area contributed by atoms with Crippen LogP contribution in [0.15, 0.2) is 67.3 Å². The van der Waals surface area contributed by atoms with Crippen molar-refractivity contribution in [2.24, 2.45) is 0 Å². The molecule has 0 saturated heterocycles. The molecule has 0 aliphatic carbocycles. The molecular weight excluding hydrogens is 436 g/mol. The zero-order chi connectivity index (χ0) is 15.9. The first-order valence-corrected chi connectivity index (χ1v) is 10.4. The Hall–Kier alpha value is -1.36. The van der Waals surface area contributed by atoms with Gasteiger partial charge in [0.1, 0.15) is 0 Å². The fraction of sp³-hybridized carbons (Fsp3) is 0. The molecular formula is C19H10Br2OS. The van der Waals surface area contributed by atoms with Crippen molar-refractivity contribution in [1.29, 1.82) is 0 Å². The number of halogens is 2. The lowest BCUT2D eigenvalue weighted by atomic mass is 9.96. The lowest BCUT2D eigenvalue weighted by Gasteiger charge is -2.24. The van der Waals surface area contributed by atoms with Crippen LogP contribution in [-0.2, 0) is 9.52 Å². The minimum absolute atomic E-state index is 0.837. The van der Waals surface area contributed by atoms with E-state index in [2.05, 4.69) is 62.0 Å². The Morgan fingerprint density at radius 3 is 1.65 bits per heavy atom. The van der Waals surface area contributed by atoms with Crippen LogP contribution in [0.4, 0.5) is 0 Å². The summed E-state index contributed by atoms with van der Waals surface area (Å²) in [4.78, 5) is 1.67. The van der Waals surface area contributed by atoms with Gasteiger partial charge in [0.05, 0.1) is 0 Å². The average Bonchev–Trinajstić information content (AvgIpc) is 2.53. The minimum Gasteiger partial charge on any atom is -0.258 e. The third-order valence-electron chi connectivity index (χ3n) is 4.67. The molecule has 4 heteroatoms. The molecule has 5 rings (SSSR count). The maximum atomic E-state index is 13.6. The Morgan fingerprint density at radius 2 is 1.17 bits per heavy atom. The first-order chi connectivity index (χ1) is 11.0. The van der Waals surface area contributed by atoms with Gasteiger partial charge in [-0.25, -0.2) is 0 Å². The summed E-state index contributed by atoms with van der Waals surface area (Å²) < 4.78 is 15.6. The maximum Gasteiger partial charge on any atom is 0.0436 e. The predicted molar refractivity (Wildman–Crippen MR) is 106 cm³/mol. The fourth-order valence-electron chi connectivity index (χ4n) is 3.64. The van der Waals surface area contributed by atoms with Gasteiger partial charge in [-0.3, -0.25) is 4.21 Å². The van der Waals surface area contributed by atoms with Crippen LogP contribution in [0, 0.1) is 0 Å². The highest BCUT2D eigenvalue weighted by Gasteiger charge is 2.26. The molecule has 4 aromatic carbocycles. The van der Waals surface area contributed by atoms with Crippen LogP contribution < -0.4 is 0 Å². The highest BCUT2D eigenvalue weighted by atomic mass is 79.9. The van der Waals surface area contributed by atoms with Gasteiger partial charge < -0.3 is 0 Å². The Balaban J connectivity index is 2.31. The molecule has 0 atom stereocenters. The number of hydrogen-bond donors (Lipinski definition) is 0. The maximum absolute atomic E-state index is 13.6. The molecule has 1 aliphatic rings. The van der Waals surface area contributed by atoms with E-state index in [9.17, 15) is 4.21 Å². The van der Waals surface area contributed by atoms with Crippen LogP contribution in [0.25, 0.3) is 32.3 Å². The van der Waals surface area contributed by atoms with Crippen LogP contribution in [0.5, 0.6) is 0 Å². The van der Waals surface area contributed by atoms with E-state index in [1.807, 2.05) is 24.3 Å². The molecule has 0 N–H and O–H groups in total. The Morgan fingerprint density at radius 1 is 0.696 bits per heavy atom. The Kier molecular flexibility index (Phi) is 2.67. The predicted octanol–water partition coefficient (Wildman–Crippen LogP) is 6.12. The second-order valence-electron chi connectivity index (χ2n) is 5.84. The summed E-state index contributed by atoms with van der Waals surface area (Å²) in [7, 11) is -2.52. The van der Waals surface area contributed by atoms with E-state index >= 15 is 0 Å². The van der Waals surface area contributed by atoms with E-state index in [0.29, 0.717) is 0 Å².